The number of hydrogen-bond acceptors (Lipinski definition) is 2. The molecule has 5 heteroatoms. The largest absolute Gasteiger partial charge is 0.308 e. The van der Waals surface area contributed by atoms with E-state index in [0.717, 1.165) is 21.7 Å². The summed E-state index contributed by atoms with van der Waals surface area (Å²) in [6.07, 6.45) is 0. The second kappa shape index (κ2) is 5.53. The van der Waals surface area contributed by atoms with Gasteiger partial charge in [0.1, 0.15) is 5.82 Å². The fraction of sp³-hybridized carbons (Fsp3) is 0.385. The molecule has 0 unspecified atom stereocenters. The Kier molecular flexibility index (Phi) is 4.22. The van der Waals surface area contributed by atoms with E-state index in [1.807, 2.05) is 0 Å². The summed E-state index contributed by atoms with van der Waals surface area (Å²) < 4.78 is 3.23. The molecule has 0 fully saturated rings. The Morgan fingerprint density at radius 2 is 1.94 bits per heavy atom. The lowest BCUT2D eigenvalue weighted by Gasteiger charge is -2.13. The summed E-state index contributed by atoms with van der Waals surface area (Å²) in [5.41, 5.74) is 2.30. The monoisotopic (exact) mass is 371 g/mol. The summed E-state index contributed by atoms with van der Waals surface area (Å²) in [7, 11) is 0. The van der Waals surface area contributed by atoms with E-state index in [9.17, 15) is 0 Å². The summed E-state index contributed by atoms with van der Waals surface area (Å²) >= 11 is 6.99. The molecule has 1 heterocycles. The standard InChI is InChI=1S/C13H15Br2N3/c1-8(2)18-12(7-14)16-17-13(18)10-4-9(3)5-11(15)6-10/h4-6,8H,7H2,1-3H3. The van der Waals surface area contributed by atoms with Crippen LogP contribution in [-0.2, 0) is 5.33 Å². The Morgan fingerprint density at radius 1 is 1.22 bits per heavy atom. The van der Waals surface area contributed by atoms with Gasteiger partial charge in [-0.15, -0.1) is 10.2 Å². The maximum absolute atomic E-state index is 4.32. The molecule has 96 valence electrons. The van der Waals surface area contributed by atoms with Gasteiger partial charge in [-0.25, -0.2) is 0 Å². The zero-order chi connectivity index (χ0) is 13.3. The summed E-state index contributed by atoms with van der Waals surface area (Å²) in [6.45, 7) is 6.36. The van der Waals surface area contributed by atoms with Crippen molar-refractivity contribution in [3.63, 3.8) is 0 Å². The summed E-state index contributed by atoms with van der Waals surface area (Å²) in [6, 6.07) is 6.63. The highest BCUT2D eigenvalue weighted by molar-refractivity contribution is 9.10. The van der Waals surface area contributed by atoms with Crippen LogP contribution >= 0.6 is 31.9 Å². The minimum Gasteiger partial charge on any atom is -0.308 e. The minimum absolute atomic E-state index is 0.335. The highest BCUT2D eigenvalue weighted by Crippen LogP contribution is 2.27. The van der Waals surface area contributed by atoms with Gasteiger partial charge in [-0.1, -0.05) is 31.9 Å². The van der Waals surface area contributed by atoms with Crippen LogP contribution in [0, 0.1) is 6.92 Å². The van der Waals surface area contributed by atoms with Crippen molar-refractivity contribution in [3.8, 4) is 11.4 Å². The molecule has 2 rings (SSSR count). The molecular formula is C13H15Br2N3. The summed E-state index contributed by atoms with van der Waals surface area (Å²) in [4.78, 5) is 0. The molecule has 1 aromatic heterocycles. The fourth-order valence-corrected chi connectivity index (χ4v) is 3.01. The number of rotatable bonds is 3. The average Bonchev–Trinajstić information content (AvgIpc) is 2.71. The Balaban J connectivity index is 2.60. The van der Waals surface area contributed by atoms with E-state index >= 15 is 0 Å². The molecule has 0 N–H and O–H groups in total. The van der Waals surface area contributed by atoms with Gasteiger partial charge >= 0.3 is 0 Å². The molecule has 0 saturated carbocycles. The van der Waals surface area contributed by atoms with Gasteiger partial charge in [0, 0.05) is 16.1 Å². The molecule has 0 saturated heterocycles. The molecule has 0 spiro atoms. The van der Waals surface area contributed by atoms with E-state index in [2.05, 4.69) is 85.6 Å². The van der Waals surface area contributed by atoms with Crippen LogP contribution in [0.4, 0.5) is 0 Å². The maximum Gasteiger partial charge on any atom is 0.164 e. The predicted molar refractivity (Wildman–Crippen MR) is 80.9 cm³/mol. The lowest BCUT2D eigenvalue weighted by molar-refractivity contribution is 0.586. The number of aromatic nitrogens is 3. The number of halogens is 2. The molecule has 1 aromatic carbocycles. The molecule has 2 aromatic rings. The highest BCUT2D eigenvalue weighted by Gasteiger charge is 2.15. The lowest BCUT2D eigenvalue weighted by atomic mass is 10.1. The third-order valence-corrected chi connectivity index (χ3v) is 3.66. The van der Waals surface area contributed by atoms with Gasteiger partial charge in [0.25, 0.3) is 0 Å². The van der Waals surface area contributed by atoms with Gasteiger partial charge < -0.3 is 4.57 Å². The van der Waals surface area contributed by atoms with Crippen LogP contribution in [0.1, 0.15) is 31.3 Å². The van der Waals surface area contributed by atoms with Gasteiger partial charge in [0.05, 0.1) is 5.33 Å². The van der Waals surface area contributed by atoms with Crippen molar-refractivity contribution in [2.45, 2.75) is 32.1 Å². The molecule has 0 bridgehead atoms. The lowest BCUT2D eigenvalue weighted by Crippen LogP contribution is -2.07. The van der Waals surface area contributed by atoms with Crippen LogP contribution in [0.2, 0.25) is 0 Å². The van der Waals surface area contributed by atoms with Gasteiger partial charge in [-0.2, -0.15) is 0 Å². The van der Waals surface area contributed by atoms with Crippen molar-refractivity contribution < 1.29 is 0 Å². The molecule has 0 radical (unpaired) electrons. The first-order valence-electron chi connectivity index (χ1n) is 5.80. The normalized spacial score (nSPS) is 11.2. The first-order valence-corrected chi connectivity index (χ1v) is 7.71. The third kappa shape index (κ3) is 2.67. The van der Waals surface area contributed by atoms with Crippen molar-refractivity contribution in [2.75, 3.05) is 0 Å². The Hall–Kier alpha value is -0.680. The van der Waals surface area contributed by atoms with Crippen molar-refractivity contribution in [2.24, 2.45) is 0 Å². The maximum atomic E-state index is 4.32. The number of benzene rings is 1. The number of aryl methyl sites for hydroxylation is 1. The molecule has 0 aliphatic rings. The molecule has 18 heavy (non-hydrogen) atoms. The fourth-order valence-electron chi connectivity index (χ4n) is 2.02. The summed E-state index contributed by atoms with van der Waals surface area (Å²) in [5.74, 6) is 1.88. The average molecular weight is 373 g/mol. The van der Waals surface area contributed by atoms with E-state index in [0.29, 0.717) is 11.4 Å². The first-order chi connectivity index (χ1) is 8.52. The van der Waals surface area contributed by atoms with Crippen molar-refractivity contribution in [3.05, 3.63) is 34.1 Å². The Bertz CT molecular complexity index is 541. The number of hydrogen-bond donors (Lipinski definition) is 0. The van der Waals surface area contributed by atoms with E-state index in [-0.39, 0.29) is 0 Å². The second-order valence-corrected chi connectivity index (χ2v) is 6.03. The Labute approximate surface area is 124 Å². The van der Waals surface area contributed by atoms with Crippen LogP contribution in [-0.4, -0.2) is 14.8 Å². The van der Waals surface area contributed by atoms with E-state index in [4.69, 9.17) is 0 Å². The van der Waals surface area contributed by atoms with Crippen molar-refractivity contribution in [1.82, 2.24) is 14.8 Å². The minimum atomic E-state index is 0.335. The van der Waals surface area contributed by atoms with Crippen LogP contribution < -0.4 is 0 Å². The van der Waals surface area contributed by atoms with E-state index < -0.39 is 0 Å². The van der Waals surface area contributed by atoms with Gasteiger partial charge in [0.2, 0.25) is 0 Å². The van der Waals surface area contributed by atoms with Crippen molar-refractivity contribution >= 4 is 31.9 Å². The van der Waals surface area contributed by atoms with Gasteiger partial charge in [0.15, 0.2) is 5.82 Å². The Morgan fingerprint density at radius 3 is 2.50 bits per heavy atom. The van der Waals surface area contributed by atoms with E-state index in [1.165, 1.54) is 5.56 Å². The van der Waals surface area contributed by atoms with Crippen LogP contribution in [0.25, 0.3) is 11.4 Å². The molecule has 0 atom stereocenters. The molecule has 0 aliphatic carbocycles. The van der Waals surface area contributed by atoms with E-state index in [1.54, 1.807) is 0 Å². The van der Waals surface area contributed by atoms with Crippen LogP contribution in [0.15, 0.2) is 22.7 Å². The zero-order valence-corrected chi connectivity index (χ0v) is 13.8. The van der Waals surface area contributed by atoms with Crippen molar-refractivity contribution in [1.29, 1.82) is 0 Å². The topological polar surface area (TPSA) is 30.7 Å². The first kappa shape index (κ1) is 13.7. The molecule has 0 aliphatic heterocycles. The summed E-state index contributed by atoms with van der Waals surface area (Å²) in [5, 5.41) is 9.28. The smallest absolute Gasteiger partial charge is 0.164 e. The quantitative estimate of drug-likeness (QED) is 0.743. The molecule has 0 amide bonds. The molecule has 3 nitrogen and oxygen atoms in total. The third-order valence-electron chi connectivity index (χ3n) is 2.70. The van der Waals surface area contributed by atoms with Crippen LogP contribution in [0.3, 0.4) is 0 Å². The second-order valence-electron chi connectivity index (χ2n) is 4.55. The zero-order valence-electron chi connectivity index (χ0n) is 10.6. The van der Waals surface area contributed by atoms with Gasteiger partial charge in [-0.3, -0.25) is 0 Å². The van der Waals surface area contributed by atoms with Gasteiger partial charge in [-0.05, 0) is 44.5 Å². The SMILES string of the molecule is Cc1cc(Br)cc(-c2nnc(CBr)n2C(C)C)c1. The predicted octanol–water partition coefficient (Wildman–Crippen LogP) is 4.49. The van der Waals surface area contributed by atoms with Crippen LogP contribution in [0.5, 0.6) is 0 Å². The molecular weight excluding hydrogens is 358 g/mol. The number of alkyl halides is 1. The number of nitrogens with zero attached hydrogens (tertiary/aromatic N) is 3. The highest BCUT2D eigenvalue weighted by atomic mass is 79.9.